The second kappa shape index (κ2) is 7.32. The first-order valence-corrected chi connectivity index (χ1v) is 9.70. The van der Waals surface area contributed by atoms with Crippen molar-refractivity contribution in [1.82, 2.24) is 0 Å². The molecule has 3 aromatic carbocycles. The first-order chi connectivity index (χ1) is 12.3. The number of thioether (sulfide) groups is 1. The van der Waals surface area contributed by atoms with Crippen LogP contribution >= 0.6 is 11.8 Å². The third kappa shape index (κ3) is 3.72. The van der Waals surface area contributed by atoms with Gasteiger partial charge in [-0.3, -0.25) is 4.79 Å². The molecule has 3 heteroatoms. The van der Waals surface area contributed by atoms with Crippen LogP contribution in [0.15, 0.2) is 71.6 Å². The zero-order valence-electron chi connectivity index (χ0n) is 14.1. The fourth-order valence-corrected chi connectivity index (χ4v) is 4.39. The van der Waals surface area contributed by atoms with Gasteiger partial charge < -0.3 is 5.32 Å². The minimum Gasteiger partial charge on any atom is -0.366 e. The van der Waals surface area contributed by atoms with Crippen LogP contribution < -0.4 is 5.32 Å². The highest BCUT2D eigenvalue weighted by molar-refractivity contribution is 8.01. The van der Waals surface area contributed by atoms with Crippen LogP contribution in [0.4, 0.5) is 5.69 Å². The van der Waals surface area contributed by atoms with Gasteiger partial charge in [-0.05, 0) is 47.7 Å². The summed E-state index contributed by atoms with van der Waals surface area (Å²) in [7, 11) is 0. The summed E-state index contributed by atoms with van der Waals surface area (Å²) >= 11 is 1.64. The molecule has 1 atom stereocenters. The van der Waals surface area contributed by atoms with Crippen molar-refractivity contribution in [2.24, 2.45) is 0 Å². The number of nitrogens with one attached hydrogen (secondary N) is 1. The van der Waals surface area contributed by atoms with Crippen molar-refractivity contribution in [1.29, 1.82) is 0 Å². The molecule has 3 aromatic rings. The molecule has 25 heavy (non-hydrogen) atoms. The molecule has 0 saturated heterocycles. The van der Waals surface area contributed by atoms with Crippen molar-refractivity contribution < 1.29 is 4.79 Å². The number of Topliss-reactive ketones (excluding diaryl/α,β-unsaturated/α-hetero) is 1. The number of benzene rings is 3. The van der Waals surface area contributed by atoms with Crippen molar-refractivity contribution in [3.8, 4) is 0 Å². The third-order valence-corrected chi connectivity index (χ3v) is 5.89. The van der Waals surface area contributed by atoms with E-state index < -0.39 is 0 Å². The number of unbranched alkanes of at least 4 members (excludes halogenated alkanes) is 1. The Morgan fingerprint density at radius 3 is 2.60 bits per heavy atom. The number of fused-ring (bicyclic) bond motifs is 2. The summed E-state index contributed by atoms with van der Waals surface area (Å²) in [6.07, 6.45) is 3.67. The number of aryl methyl sites for hydroxylation is 1. The van der Waals surface area contributed by atoms with Crippen molar-refractivity contribution in [2.45, 2.75) is 36.0 Å². The molecular formula is C22H21NOS. The van der Waals surface area contributed by atoms with Gasteiger partial charge >= 0.3 is 0 Å². The maximum absolute atomic E-state index is 12.4. The summed E-state index contributed by atoms with van der Waals surface area (Å²) in [5.74, 6) is 0.305. The van der Waals surface area contributed by atoms with E-state index >= 15 is 0 Å². The van der Waals surface area contributed by atoms with Crippen LogP contribution in [0.25, 0.3) is 10.8 Å². The van der Waals surface area contributed by atoms with Crippen molar-refractivity contribution in [3.05, 3.63) is 72.3 Å². The number of rotatable bonds is 6. The van der Waals surface area contributed by atoms with Crippen LogP contribution in [0, 0.1) is 0 Å². The van der Waals surface area contributed by atoms with E-state index in [1.807, 2.05) is 18.2 Å². The molecular weight excluding hydrogens is 326 g/mol. The fraction of sp³-hybridized carbons (Fsp3) is 0.227. The Labute approximate surface area is 152 Å². The van der Waals surface area contributed by atoms with Gasteiger partial charge in [0.05, 0.1) is 0 Å². The standard InChI is InChI=1S/C22H21NOS/c24-20(22-23-19-10-4-6-12-21(19)25-22)11-5-1-7-16-13-14-17-8-2-3-9-18(17)15-16/h2-4,6,8-10,12-15,22-23H,1,5,7,11H2. The van der Waals surface area contributed by atoms with Gasteiger partial charge in [-0.25, -0.2) is 0 Å². The van der Waals surface area contributed by atoms with Crippen LogP contribution in [-0.2, 0) is 11.2 Å². The van der Waals surface area contributed by atoms with E-state index in [4.69, 9.17) is 0 Å². The summed E-state index contributed by atoms with van der Waals surface area (Å²) in [4.78, 5) is 13.6. The number of para-hydroxylation sites is 1. The smallest absolute Gasteiger partial charge is 0.165 e. The number of hydrogen-bond donors (Lipinski definition) is 1. The maximum Gasteiger partial charge on any atom is 0.165 e. The lowest BCUT2D eigenvalue weighted by Crippen LogP contribution is -2.22. The predicted octanol–water partition coefficient (Wildman–Crippen LogP) is 5.67. The van der Waals surface area contributed by atoms with E-state index in [2.05, 4.69) is 53.8 Å². The van der Waals surface area contributed by atoms with Crippen molar-refractivity contribution in [2.75, 3.05) is 5.32 Å². The quantitative estimate of drug-likeness (QED) is 0.583. The van der Waals surface area contributed by atoms with Crippen LogP contribution in [-0.4, -0.2) is 11.2 Å². The lowest BCUT2D eigenvalue weighted by atomic mass is 10.0. The Bertz CT molecular complexity index is 880. The average molecular weight is 347 g/mol. The van der Waals surface area contributed by atoms with Gasteiger partial charge in [0.25, 0.3) is 0 Å². The fourth-order valence-electron chi connectivity index (χ4n) is 3.29. The molecule has 1 heterocycles. The first-order valence-electron chi connectivity index (χ1n) is 8.82. The molecule has 0 amide bonds. The highest BCUT2D eigenvalue weighted by atomic mass is 32.2. The highest BCUT2D eigenvalue weighted by Crippen LogP contribution is 2.38. The topological polar surface area (TPSA) is 29.1 Å². The molecule has 0 bridgehead atoms. The second-order valence-corrected chi connectivity index (χ2v) is 7.64. The van der Waals surface area contributed by atoms with E-state index in [9.17, 15) is 4.79 Å². The van der Waals surface area contributed by atoms with Crippen LogP contribution in [0.5, 0.6) is 0 Å². The Morgan fingerprint density at radius 2 is 1.72 bits per heavy atom. The summed E-state index contributed by atoms with van der Waals surface area (Å²) in [6, 6.07) is 23.2. The summed E-state index contributed by atoms with van der Waals surface area (Å²) in [6.45, 7) is 0. The predicted molar refractivity (Wildman–Crippen MR) is 106 cm³/mol. The van der Waals surface area contributed by atoms with Crippen LogP contribution in [0.2, 0.25) is 0 Å². The van der Waals surface area contributed by atoms with Gasteiger partial charge in [-0.1, -0.05) is 66.4 Å². The average Bonchev–Trinajstić information content (AvgIpc) is 3.09. The molecule has 0 aliphatic carbocycles. The third-order valence-electron chi connectivity index (χ3n) is 4.66. The molecule has 1 aliphatic heterocycles. The van der Waals surface area contributed by atoms with Gasteiger partial charge in [0.2, 0.25) is 0 Å². The van der Waals surface area contributed by atoms with Crippen LogP contribution in [0.3, 0.4) is 0 Å². The van der Waals surface area contributed by atoms with Gasteiger partial charge in [-0.15, -0.1) is 0 Å². The largest absolute Gasteiger partial charge is 0.366 e. The molecule has 0 aromatic heterocycles. The van der Waals surface area contributed by atoms with Crippen molar-refractivity contribution >= 4 is 34.0 Å². The van der Waals surface area contributed by atoms with Gasteiger partial charge in [0.15, 0.2) is 5.78 Å². The lowest BCUT2D eigenvalue weighted by molar-refractivity contribution is -0.118. The normalized spacial score (nSPS) is 15.8. The lowest BCUT2D eigenvalue weighted by Gasteiger charge is -2.09. The molecule has 1 unspecified atom stereocenters. The van der Waals surface area contributed by atoms with Crippen LogP contribution in [0.1, 0.15) is 24.8 Å². The molecule has 4 rings (SSSR count). The van der Waals surface area contributed by atoms with E-state index in [0.717, 1.165) is 24.9 Å². The summed E-state index contributed by atoms with van der Waals surface area (Å²) in [5.41, 5.74) is 2.44. The zero-order valence-corrected chi connectivity index (χ0v) is 14.9. The Hall–Kier alpha value is -2.26. The molecule has 126 valence electrons. The summed E-state index contributed by atoms with van der Waals surface area (Å²) < 4.78 is 0. The molecule has 0 saturated carbocycles. The first kappa shape index (κ1) is 16.2. The van der Waals surface area contributed by atoms with E-state index in [0.29, 0.717) is 12.2 Å². The number of carbonyl (C=O) groups is 1. The minimum absolute atomic E-state index is 0.113. The minimum atomic E-state index is -0.113. The second-order valence-electron chi connectivity index (χ2n) is 6.49. The SMILES string of the molecule is O=C(CCCCc1ccc2ccccc2c1)C1Nc2ccccc2S1. The highest BCUT2D eigenvalue weighted by Gasteiger charge is 2.26. The van der Waals surface area contributed by atoms with E-state index in [-0.39, 0.29) is 5.37 Å². The zero-order chi connectivity index (χ0) is 17.1. The Balaban J connectivity index is 1.26. The van der Waals surface area contributed by atoms with Crippen molar-refractivity contribution in [3.63, 3.8) is 0 Å². The van der Waals surface area contributed by atoms with E-state index in [1.54, 1.807) is 11.8 Å². The number of carbonyl (C=O) groups excluding carboxylic acids is 1. The van der Waals surface area contributed by atoms with Gasteiger partial charge in [0, 0.05) is 17.0 Å². The van der Waals surface area contributed by atoms with E-state index in [1.165, 1.54) is 21.2 Å². The Morgan fingerprint density at radius 1 is 0.920 bits per heavy atom. The maximum atomic E-state index is 12.4. The molecule has 0 radical (unpaired) electrons. The summed E-state index contributed by atoms with van der Waals surface area (Å²) in [5, 5.41) is 5.79. The van der Waals surface area contributed by atoms with Gasteiger partial charge in [-0.2, -0.15) is 0 Å². The molecule has 1 N–H and O–H groups in total. The molecule has 0 fully saturated rings. The number of ketones is 1. The Kier molecular flexibility index (Phi) is 4.75. The molecule has 0 spiro atoms. The van der Waals surface area contributed by atoms with Gasteiger partial charge in [0.1, 0.15) is 5.37 Å². The number of hydrogen-bond acceptors (Lipinski definition) is 3. The molecule has 1 aliphatic rings. The monoisotopic (exact) mass is 347 g/mol. The number of anilines is 1. The molecule has 2 nitrogen and oxygen atoms in total.